The van der Waals surface area contributed by atoms with Gasteiger partial charge in [0.05, 0.1) is 19.5 Å². The lowest BCUT2D eigenvalue weighted by Gasteiger charge is -2.28. The molecule has 13 N–H and O–H groups in total. The topological polar surface area (TPSA) is 386 Å². The minimum absolute atomic E-state index is 0.0401. The molecule has 3 aromatic heterocycles. The molecule has 0 radical (unpaired) electrons. The lowest BCUT2D eigenvalue weighted by atomic mass is 10.1. The smallest absolute Gasteiger partial charge is 0.351 e. The highest BCUT2D eigenvalue weighted by atomic mass is 32.5. The van der Waals surface area contributed by atoms with Crippen molar-refractivity contribution in [3.8, 4) is 0 Å². The molecule has 0 aliphatic carbocycles. The SMILES string of the molecule is Nc1ccn([C@@H]2O[C@H](COP(O)(=S)OP(O)(=S)OP(O)(=S)OP(O)(=S)OP(O)(=S)OC[C@H]3O[C@@H](n4cnc5c(N)ncnc54)[C@H](O)[C@@H]3O)[C@@H](O)[C@H]2O)c(=O)n1. The van der Waals surface area contributed by atoms with E-state index in [2.05, 4.69) is 19.9 Å². The van der Waals surface area contributed by atoms with Gasteiger partial charge < -0.3 is 74.9 Å². The molecule has 2 aliphatic rings. The van der Waals surface area contributed by atoms with E-state index in [-0.39, 0.29) is 22.8 Å². The predicted molar refractivity (Wildman–Crippen MR) is 203 cm³/mol. The predicted octanol–water partition coefficient (Wildman–Crippen LogP) is -2.33. The van der Waals surface area contributed by atoms with Gasteiger partial charge in [0.25, 0.3) is 0 Å². The van der Waals surface area contributed by atoms with Crippen molar-refractivity contribution in [3.63, 3.8) is 0 Å². The Labute approximate surface area is 332 Å². The highest BCUT2D eigenvalue weighted by molar-refractivity contribution is 8.20. The Balaban J connectivity index is 1.13. The van der Waals surface area contributed by atoms with Crippen LogP contribution < -0.4 is 17.2 Å². The van der Waals surface area contributed by atoms with Crippen LogP contribution in [-0.2, 0) is 94.8 Å². The van der Waals surface area contributed by atoms with Gasteiger partial charge in [-0.2, -0.15) is 4.98 Å². The maximum Gasteiger partial charge on any atom is 0.351 e. The summed E-state index contributed by atoms with van der Waals surface area (Å²) in [4.78, 5) is 80.1. The molecule has 0 spiro atoms. The Bertz CT molecular complexity index is 2230. The number of anilines is 2. The molecule has 5 unspecified atom stereocenters. The van der Waals surface area contributed by atoms with Crippen LogP contribution in [-0.4, -0.2) is 124 Å². The van der Waals surface area contributed by atoms with E-state index in [9.17, 15) is 49.7 Å². The van der Waals surface area contributed by atoms with Crippen LogP contribution in [0.4, 0.5) is 11.6 Å². The van der Waals surface area contributed by atoms with Gasteiger partial charge in [-0.1, -0.05) is 0 Å². The molecule has 0 bridgehead atoms. The summed E-state index contributed by atoms with van der Waals surface area (Å²) >= 11 is 23.8. The van der Waals surface area contributed by atoms with Crippen LogP contribution in [0.25, 0.3) is 11.2 Å². The molecule has 3 aromatic rings. The van der Waals surface area contributed by atoms with Crippen molar-refractivity contribution < 1.29 is 80.7 Å². The van der Waals surface area contributed by atoms with Crippen molar-refractivity contribution >= 4 is 115 Å². The van der Waals surface area contributed by atoms with Crippen LogP contribution in [0.15, 0.2) is 29.7 Å². The molecule has 26 nitrogen and oxygen atoms in total. The molecule has 5 heterocycles. The number of rotatable bonds is 16. The van der Waals surface area contributed by atoms with Crippen LogP contribution in [0.5, 0.6) is 0 Å². The van der Waals surface area contributed by atoms with E-state index in [1.165, 1.54) is 17.0 Å². The molecular formula is C19H29N8O18P5S5. The molecule has 308 valence electrons. The summed E-state index contributed by atoms with van der Waals surface area (Å²) in [6, 6.07) is 1.23. The van der Waals surface area contributed by atoms with E-state index >= 15 is 0 Å². The zero-order valence-electron chi connectivity index (χ0n) is 26.7. The van der Waals surface area contributed by atoms with Crippen molar-refractivity contribution in [1.29, 1.82) is 0 Å². The van der Waals surface area contributed by atoms with Gasteiger partial charge in [0.1, 0.15) is 54.3 Å². The number of aromatic nitrogens is 6. The number of fused-ring (bicyclic) bond motifs is 1. The number of nitrogens with zero attached hydrogens (tertiary/aromatic N) is 6. The number of aliphatic hydroxyl groups is 4. The van der Waals surface area contributed by atoms with Gasteiger partial charge in [-0.25, -0.2) is 37.0 Å². The molecule has 2 saturated heterocycles. The fourth-order valence-electron chi connectivity index (χ4n) is 4.82. The summed E-state index contributed by atoms with van der Waals surface area (Å²) in [5, 5.41) is 41.9. The van der Waals surface area contributed by atoms with E-state index in [4.69, 9.17) is 106 Å². The average molecular weight is 973 g/mol. The van der Waals surface area contributed by atoms with Crippen molar-refractivity contribution in [2.45, 2.75) is 49.1 Å². The molecule has 2 aliphatic heterocycles. The van der Waals surface area contributed by atoms with Crippen molar-refractivity contribution in [2.75, 3.05) is 24.7 Å². The molecule has 36 heteroatoms. The first-order valence-electron chi connectivity index (χ1n) is 14.4. The maximum atomic E-state index is 12.1. The highest BCUT2D eigenvalue weighted by Gasteiger charge is 2.47. The van der Waals surface area contributed by atoms with Crippen LogP contribution in [0.1, 0.15) is 12.5 Å². The number of imidazole rings is 1. The quantitative estimate of drug-likeness (QED) is 0.0671. The molecular weight excluding hydrogens is 943 g/mol. The fourth-order valence-corrected chi connectivity index (χ4v) is 19.6. The van der Waals surface area contributed by atoms with Crippen molar-refractivity contribution in [2.24, 2.45) is 0 Å². The van der Waals surface area contributed by atoms with Gasteiger partial charge in [-0.3, -0.25) is 9.13 Å². The molecule has 0 amide bonds. The average Bonchev–Trinajstić information content (AvgIpc) is 3.67. The first kappa shape index (κ1) is 45.7. The molecule has 0 aromatic carbocycles. The summed E-state index contributed by atoms with van der Waals surface area (Å²) in [6.45, 7) is -25.8. The summed E-state index contributed by atoms with van der Waals surface area (Å²) in [7, 11) is 0. The Morgan fingerprint density at radius 1 is 0.691 bits per heavy atom. The van der Waals surface area contributed by atoms with Gasteiger partial charge >= 0.3 is 39.3 Å². The third kappa shape index (κ3) is 11.5. The summed E-state index contributed by atoms with van der Waals surface area (Å²) < 4.78 is 42.3. The number of ether oxygens (including phenoxy) is 2. The Kier molecular flexibility index (Phi) is 14.4. The van der Waals surface area contributed by atoms with E-state index in [1.807, 2.05) is 0 Å². The highest BCUT2D eigenvalue weighted by Crippen LogP contribution is 2.74. The molecule has 5 rings (SSSR count). The number of hydrogen-bond acceptors (Lipinski definition) is 24. The molecule has 55 heavy (non-hydrogen) atoms. The summed E-state index contributed by atoms with van der Waals surface area (Å²) in [5.74, 6) is -0.0799. The van der Waals surface area contributed by atoms with E-state index in [0.717, 1.165) is 17.1 Å². The van der Waals surface area contributed by atoms with Gasteiger partial charge in [-0.15, -0.1) is 0 Å². The zero-order valence-corrected chi connectivity index (χ0v) is 35.2. The summed E-state index contributed by atoms with van der Waals surface area (Å²) in [6.07, 6.45) is -8.69. The second-order valence-electron chi connectivity index (χ2n) is 11.0. The Hall–Kier alpha value is -0.400. The van der Waals surface area contributed by atoms with Gasteiger partial charge in [-0.05, 0) is 65.1 Å². The fraction of sp³-hybridized carbons (Fsp3) is 0.526. The van der Waals surface area contributed by atoms with Crippen LogP contribution in [0.2, 0.25) is 0 Å². The number of hydrogen-bond donors (Lipinski definition) is 11. The van der Waals surface area contributed by atoms with Crippen molar-refractivity contribution in [3.05, 3.63) is 35.4 Å². The molecule has 13 atom stereocenters. The Morgan fingerprint density at radius 2 is 1.15 bits per heavy atom. The number of nitrogen functional groups attached to an aromatic ring is 2. The number of nitrogens with two attached hydrogens (primary N) is 2. The van der Waals surface area contributed by atoms with E-state index in [0.29, 0.717) is 0 Å². The normalized spacial score (nSPS) is 31.3. The van der Waals surface area contributed by atoms with Gasteiger partial charge in [0, 0.05) is 6.20 Å². The minimum Gasteiger partial charge on any atom is -0.387 e. The Morgan fingerprint density at radius 3 is 1.62 bits per heavy atom. The monoisotopic (exact) mass is 972 g/mol. The zero-order chi connectivity index (χ0) is 40.9. The lowest BCUT2D eigenvalue weighted by Crippen LogP contribution is -2.36. The van der Waals surface area contributed by atoms with Crippen LogP contribution in [0.3, 0.4) is 0 Å². The third-order valence-corrected chi connectivity index (χ3v) is 20.1. The number of aliphatic hydroxyl groups excluding tert-OH is 4. The standard InChI is InChI=1S/C19H29N8O18P5S5/c20-9-1-2-26(19(32)25-9)17-13(30)11(28)7(40-17)3-38-46(33,51)42-48(35,53)44-50(37,55)45-49(36,54)43-47(34,52)39-4-8-12(29)14(31)18(41-8)27-6-24-10-15(21)22-5-23-16(10)27/h1-2,5-8,11-14,17-18,28-31H,3-4H2,(H,33,51)(H,34,52)(H,35,53)(H,36,54)(H,37,55)(H2,20,25,32)(H2,21,22,23)/t7-,8-,11-,12-,13-,14-,17-,18-,46?,47?,48?,49?,50?/m1/s1. The molecule has 2 fully saturated rings. The summed E-state index contributed by atoms with van der Waals surface area (Å²) in [5.41, 5.74) is 10.6. The largest absolute Gasteiger partial charge is 0.387 e. The van der Waals surface area contributed by atoms with Crippen LogP contribution in [0, 0.1) is 0 Å². The van der Waals surface area contributed by atoms with Crippen LogP contribution >= 0.6 is 33.6 Å². The maximum absolute atomic E-state index is 12.1. The minimum atomic E-state index is -5.02. The van der Waals surface area contributed by atoms with E-state index in [1.54, 1.807) is 0 Å². The second-order valence-corrected chi connectivity index (χ2v) is 25.7. The van der Waals surface area contributed by atoms with Gasteiger partial charge in [0.2, 0.25) is 0 Å². The molecule has 0 saturated carbocycles. The lowest BCUT2D eigenvalue weighted by molar-refractivity contribution is -0.0525. The third-order valence-electron chi connectivity index (χ3n) is 7.09. The second kappa shape index (κ2) is 17.3. The first-order valence-corrected chi connectivity index (χ1v) is 27.3. The first-order chi connectivity index (χ1) is 25.3. The van der Waals surface area contributed by atoms with Gasteiger partial charge in [0.15, 0.2) is 23.9 Å². The van der Waals surface area contributed by atoms with Crippen molar-refractivity contribution in [1.82, 2.24) is 29.1 Å². The van der Waals surface area contributed by atoms with E-state index < -0.39 is 102 Å².